The second-order valence-electron chi connectivity index (χ2n) is 13.7. The number of nitro benzene ring substituents is 1. The second kappa shape index (κ2) is 26.5. The molecule has 0 saturated heterocycles. The summed E-state index contributed by atoms with van der Waals surface area (Å²) in [6, 6.07) is 9.30. The predicted molar refractivity (Wildman–Crippen MR) is 220 cm³/mol. The molecule has 2 heterocycles. The van der Waals surface area contributed by atoms with Crippen molar-refractivity contribution in [2.45, 2.75) is 51.7 Å². The van der Waals surface area contributed by atoms with Gasteiger partial charge in [-0.2, -0.15) is 0 Å². The average Bonchev–Trinajstić information content (AvgIpc) is 3.81. The van der Waals surface area contributed by atoms with Gasteiger partial charge >= 0.3 is 12.1 Å². The molecule has 0 bridgehead atoms. The van der Waals surface area contributed by atoms with Crippen LogP contribution < -0.4 is 14.8 Å². The number of hydrogen-bond acceptors (Lipinski definition) is 18. The predicted octanol–water partition coefficient (Wildman–Crippen LogP) is 3.94. The number of Topliss-reactive ketones (excluding diaryl/α,β-unsaturated/α-hetero) is 2. The standard InChI is InChI=1S/C41H48N6O17/c1-44-31(26-42-40(44)47(56)57)28-62-36-10-4-29(27-63-41(53)64-34-8-5-30(6-9-34)46(54)55)25-35(36)43-37(50)11-7-33(49)15-18-59-20-22-61-24-23-60-21-19-58-17-2-3-32(48)14-16-45-38(51)12-13-39(45)52/h4-6,8-10,12-13,25-26H,2-3,7,11,14-24,27-28H2,1H3,(H,43,50). The number of amides is 3. The lowest BCUT2D eigenvalue weighted by Gasteiger charge is -2.14. The van der Waals surface area contributed by atoms with E-state index in [4.69, 9.17) is 33.2 Å². The largest absolute Gasteiger partial charge is 0.514 e. The molecule has 0 atom stereocenters. The Labute approximate surface area is 365 Å². The monoisotopic (exact) mass is 896 g/mol. The van der Waals surface area contributed by atoms with Gasteiger partial charge in [0.05, 0.1) is 63.9 Å². The summed E-state index contributed by atoms with van der Waals surface area (Å²) in [5, 5.41) is 24.8. The van der Waals surface area contributed by atoms with Gasteiger partial charge < -0.3 is 48.6 Å². The van der Waals surface area contributed by atoms with Gasteiger partial charge in [-0.25, -0.2) is 9.36 Å². The van der Waals surface area contributed by atoms with Crippen molar-refractivity contribution >= 4 is 52.8 Å². The minimum atomic E-state index is -1.09. The molecule has 344 valence electrons. The Balaban J connectivity index is 1.08. The number of ether oxygens (including phenoxy) is 7. The van der Waals surface area contributed by atoms with Gasteiger partial charge in [-0.1, -0.05) is 11.1 Å². The number of nitrogens with one attached hydrogen (secondary N) is 1. The Morgan fingerprint density at radius 1 is 0.719 bits per heavy atom. The van der Waals surface area contributed by atoms with Crippen LogP contribution >= 0.6 is 0 Å². The summed E-state index contributed by atoms with van der Waals surface area (Å²) in [5.74, 6) is -1.82. The van der Waals surface area contributed by atoms with Crippen LogP contribution in [0.15, 0.2) is 60.8 Å². The van der Waals surface area contributed by atoms with Crippen molar-refractivity contribution in [2.24, 2.45) is 7.05 Å². The molecule has 64 heavy (non-hydrogen) atoms. The third-order valence-electron chi connectivity index (χ3n) is 9.05. The first-order valence-electron chi connectivity index (χ1n) is 20.0. The maximum absolute atomic E-state index is 13.0. The number of nitrogens with zero attached hydrogens (tertiary/aromatic N) is 5. The molecule has 0 unspecified atom stereocenters. The number of benzene rings is 2. The molecule has 4 rings (SSSR count). The van der Waals surface area contributed by atoms with E-state index in [-0.39, 0.29) is 106 Å². The Hall–Kier alpha value is -6.95. The highest BCUT2D eigenvalue weighted by atomic mass is 16.7. The van der Waals surface area contributed by atoms with E-state index in [0.717, 1.165) is 17.0 Å². The Bertz CT molecular complexity index is 2120. The number of anilines is 1. The molecule has 0 radical (unpaired) electrons. The van der Waals surface area contributed by atoms with Crippen LogP contribution in [0.1, 0.15) is 49.8 Å². The number of nitro groups is 2. The molecule has 1 aliphatic rings. The van der Waals surface area contributed by atoms with Gasteiger partial charge in [0.1, 0.15) is 42.5 Å². The number of non-ortho nitro benzene ring substituents is 1. The quantitative estimate of drug-likeness (QED) is 0.0239. The van der Waals surface area contributed by atoms with E-state index in [1.165, 1.54) is 54.2 Å². The smallest absolute Gasteiger partial charge is 0.484 e. The van der Waals surface area contributed by atoms with Crippen molar-refractivity contribution in [2.75, 3.05) is 64.7 Å². The normalized spacial score (nSPS) is 12.0. The molecular formula is C41H48N6O17. The van der Waals surface area contributed by atoms with Crippen LogP contribution in [0.2, 0.25) is 0 Å². The molecule has 1 N–H and O–H groups in total. The van der Waals surface area contributed by atoms with Gasteiger partial charge in [0.25, 0.3) is 17.5 Å². The van der Waals surface area contributed by atoms with Crippen LogP contribution in [-0.4, -0.2) is 119 Å². The molecular weight excluding hydrogens is 848 g/mol. The van der Waals surface area contributed by atoms with Gasteiger partial charge in [-0.05, 0) is 41.2 Å². The first-order chi connectivity index (χ1) is 30.8. The van der Waals surface area contributed by atoms with Gasteiger partial charge in [-0.15, -0.1) is 0 Å². The highest BCUT2D eigenvalue weighted by Gasteiger charge is 2.24. The molecule has 3 aromatic rings. The van der Waals surface area contributed by atoms with E-state index in [9.17, 15) is 49.0 Å². The number of imidazole rings is 1. The maximum Gasteiger partial charge on any atom is 0.514 e. The number of rotatable bonds is 31. The van der Waals surface area contributed by atoms with Crippen LogP contribution in [0.25, 0.3) is 0 Å². The summed E-state index contributed by atoms with van der Waals surface area (Å²) in [6.45, 7) is 1.93. The van der Waals surface area contributed by atoms with E-state index >= 15 is 0 Å². The first kappa shape index (κ1) is 49.7. The molecule has 0 aliphatic carbocycles. The minimum Gasteiger partial charge on any atom is -0.484 e. The fourth-order valence-electron chi connectivity index (χ4n) is 5.61. The summed E-state index contributed by atoms with van der Waals surface area (Å²) in [6.07, 6.45) is 3.27. The number of hydrogen-bond donors (Lipinski definition) is 1. The Morgan fingerprint density at radius 2 is 1.34 bits per heavy atom. The van der Waals surface area contributed by atoms with Gasteiger partial charge in [0.2, 0.25) is 5.91 Å². The molecule has 0 saturated carbocycles. The SMILES string of the molecule is Cn1c(COc2ccc(COC(=O)Oc3ccc([N+](=O)[O-])cc3)cc2NC(=O)CCC(=O)CCOCCOCCOCCOCCCC(=O)CCN2C(=O)C=CC2=O)cnc1[N+](=O)[O-]. The number of carbonyl (C=O) groups excluding carboxylic acids is 6. The number of imide groups is 1. The lowest BCUT2D eigenvalue weighted by Crippen LogP contribution is -2.32. The van der Waals surface area contributed by atoms with Crippen LogP contribution in [0, 0.1) is 20.2 Å². The first-order valence-corrected chi connectivity index (χ1v) is 20.0. The van der Waals surface area contributed by atoms with Gasteiger partial charge in [0, 0.05) is 69.5 Å². The van der Waals surface area contributed by atoms with E-state index < -0.39 is 39.7 Å². The fourth-order valence-corrected chi connectivity index (χ4v) is 5.61. The van der Waals surface area contributed by atoms with Crippen LogP contribution in [0.3, 0.4) is 0 Å². The third-order valence-corrected chi connectivity index (χ3v) is 9.05. The number of carbonyl (C=O) groups is 6. The Morgan fingerprint density at radius 3 is 1.97 bits per heavy atom. The maximum atomic E-state index is 13.0. The average molecular weight is 897 g/mol. The highest BCUT2D eigenvalue weighted by Crippen LogP contribution is 2.28. The van der Waals surface area contributed by atoms with Crippen molar-refractivity contribution < 1.29 is 71.8 Å². The van der Waals surface area contributed by atoms with E-state index in [2.05, 4.69) is 10.3 Å². The summed E-state index contributed by atoms with van der Waals surface area (Å²) >= 11 is 0. The fraction of sp³-hybridized carbons (Fsp3) is 0.439. The van der Waals surface area contributed by atoms with Crippen LogP contribution in [0.4, 0.5) is 22.1 Å². The molecule has 1 aliphatic heterocycles. The van der Waals surface area contributed by atoms with E-state index in [0.29, 0.717) is 50.7 Å². The van der Waals surface area contributed by atoms with E-state index in [1.807, 2.05) is 0 Å². The number of ketones is 2. The second-order valence-corrected chi connectivity index (χ2v) is 13.7. The van der Waals surface area contributed by atoms with Crippen molar-refractivity contribution in [3.8, 4) is 11.5 Å². The topological polar surface area (TPSA) is 286 Å². The highest BCUT2D eigenvalue weighted by molar-refractivity contribution is 6.13. The van der Waals surface area contributed by atoms with Crippen LogP contribution in [0.5, 0.6) is 11.5 Å². The van der Waals surface area contributed by atoms with Crippen molar-refractivity contribution in [3.63, 3.8) is 0 Å². The summed E-state index contributed by atoms with van der Waals surface area (Å²) in [5.41, 5.74) is 0.732. The van der Waals surface area contributed by atoms with Gasteiger partial charge in [0.15, 0.2) is 5.69 Å². The minimum absolute atomic E-state index is 0.0164. The third kappa shape index (κ3) is 17.4. The summed E-state index contributed by atoms with van der Waals surface area (Å²) in [7, 11) is 1.45. The van der Waals surface area contributed by atoms with E-state index in [1.54, 1.807) is 6.07 Å². The molecule has 0 spiro atoms. The molecule has 23 heteroatoms. The lowest BCUT2D eigenvalue weighted by atomic mass is 10.1. The zero-order chi connectivity index (χ0) is 46.3. The van der Waals surface area contributed by atoms with Crippen molar-refractivity contribution in [1.29, 1.82) is 0 Å². The molecule has 0 fully saturated rings. The zero-order valence-electron chi connectivity index (χ0n) is 35.0. The zero-order valence-corrected chi connectivity index (χ0v) is 35.0. The van der Waals surface area contributed by atoms with Crippen molar-refractivity contribution in [1.82, 2.24) is 14.5 Å². The number of aromatic nitrogens is 2. The summed E-state index contributed by atoms with van der Waals surface area (Å²) < 4.78 is 39.1. The molecule has 23 nitrogen and oxygen atoms in total. The molecule has 3 amide bonds. The van der Waals surface area contributed by atoms with Crippen molar-refractivity contribution in [3.05, 3.63) is 92.3 Å². The van der Waals surface area contributed by atoms with Crippen LogP contribution in [-0.2, 0) is 67.9 Å². The molecule has 2 aromatic carbocycles. The molecule has 1 aromatic heterocycles. The lowest BCUT2D eigenvalue weighted by molar-refractivity contribution is -0.396. The van der Waals surface area contributed by atoms with Gasteiger partial charge in [-0.3, -0.25) is 39.0 Å². The Kier molecular flexibility index (Phi) is 20.6. The summed E-state index contributed by atoms with van der Waals surface area (Å²) in [4.78, 5) is 98.4.